The molecule has 2 fully saturated rings. The van der Waals surface area contributed by atoms with Crippen LogP contribution < -0.4 is 0 Å². The summed E-state index contributed by atoms with van der Waals surface area (Å²) in [6.07, 6.45) is 8.40. The average molecular weight is 320 g/mol. The van der Waals surface area contributed by atoms with E-state index in [1.54, 1.807) is 11.3 Å². The lowest BCUT2D eigenvalue weighted by Crippen LogP contribution is -2.36. The van der Waals surface area contributed by atoms with Gasteiger partial charge >= 0.3 is 0 Å². The average Bonchev–Trinajstić information content (AvgIpc) is 3.16. The molecule has 1 amide bonds. The molecular weight excluding hydrogens is 296 g/mol. The second-order valence-electron chi connectivity index (χ2n) is 7.28. The van der Waals surface area contributed by atoms with Crippen LogP contribution >= 0.6 is 11.3 Å². The number of thiazole rings is 1. The van der Waals surface area contributed by atoms with E-state index in [9.17, 15) is 9.90 Å². The maximum absolute atomic E-state index is 12.8. The molecule has 0 spiro atoms. The van der Waals surface area contributed by atoms with Crippen LogP contribution in [0.1, 0.15) is 58.9 Å². The summed E-state index contributed by atoms with van der Waals surface area (Å²) in [7, 11) is 1.94. The molecule has 2 unspecified atom stereocenters. The Morgan fingerprint density at radius 1 is 1.18 bits per heavy atom. The zero-order valence-electron chi connectivity index (χ0n) is 13.1. The summed E-state index contributed by atoms with van der Waals surface area (Å²) < 4.78 is 0. The Kier molecular flexibility index (Phi) is 3.73. The zero-order chi connectivity index (χ0) is 15.3. The molecule has 22 heavy (non-hydrogen) atoms. The van der Waals surface area contributed by atoms with Crippen molar-refractivity contribution in [1.82, 2.24) is 9.88 Å². The van der Waals surface area contributed by atoms with Crippen molar-refractivity contribution in [3.63, 3.8) is 0 Å². The number of carbonyl (C=O) groups is 1. The third-order valence-electron chi connectivity index (χ3n) is 5.86. The van der Waals surface area contributed by atoms with Gasteiger partial charge in [-0.1, -0.05) is 0 Å². The molecule has 0 aliphatic heterocycles. The van der Waals surface area contributed by atoms with Crippen molar-refractivity contribution < 1.29 is 9.90 Å². The van der Waals surface area contributed by atoms with E-state index in [2.05, 4.69) is 4.98 Å². The van der Waals surface area contributed by atoms with Crippen molar-refractivity contribution in [2.45, 2.75) is 63.5 Å². The van der Waals surface area contributed by atoms with E-state index < -0.39 is 0 Å². The summed E-state index contributed by atoms with van der Waals surface area (Å²) in [5.41, 5.74) is 1.17. The zero-order valence-corrected chi connectivity index (χ0v) is 13.9. The van der Waals surface area contributed by atoms with Crippen LogP contribution in [-0.2, 0) is 12.8 Å². The summed E-state index contributed by atoms with van der Waals surface area (Å²) >= 11 is 1.61. The van der Waals surface area contributed by atoms with Crippen LogP contribution in [0, 0.1) is 11.8 Å². The Bertz CT molecular complexity index is 548. The maximum Gasteiger partial charge on any atom is 0.282 e. The quantitative estimate of drug-likeness (QED) is 0.911. The van der Waals surface area contributed by atoms with Gasteiger partial charge < -0.3 is 10.0 Å². The van der Waals surface area contributed by atoms with E-state index in [1.165, 1.54) is 23.4 Å². The Balaban J connectivity index is 1.45. The molecule has 1 aromatic heterocycles. The Hall–Kier alpha value is -0.940. The van der Waals surface area contributed by atoms with Gasteiger partial charge in [0.05, 0.1) is 11.8 Å². The lowest BCUT2D eigenvalue weighted by atomic mass is 10.0. The largest absolute Gasteiger partial charge is 0.393 e. The van der Waals surface area contributed by atoms with Gasteiger partial charge in [-0.15, -0.1) is 11.3 Å². The van der Waals surface area contributed by atoms with Crippen molar-refractivity contribution >= 4 is 17.2 Å². The van der Waals surface area contributed by atoms with Crippen LogP contribution in [0.15, 0.2) is 0 Å². The molecule has 4 nitrogen and oxygen atoms in total. The second kappa shape index (κ2) is 5.60. The first kappa shape index (κ1) is 14.6. The maximum atomic E-state index is 12.8. The van der Waals surface area contributed by atoms with E-state index >= 15 is 0 Å². The molecule has 3 aliphatic rings. The van der Waals surface area contributed by atoms with Crippen molar-refractivity contribution in [3.05, 3.63) is 15.6 Å². The molecule has 1 heterocycles. The van der Waals surface area contributed by atoms with Gasteiger partial charge in [-0.2, -0.15) is 0 Å². The van der Waals surface area contributed by atoms with E-state index in [-0.39, 0.29) is 12.0 Å². The fourth-order valence-electron chi connectivity index (χ4n) is 4.63. The first-order valence-corrected chi connectivity index (χ1v) is 9.37. The Labute approximate surface area is 135 Å². The van der Waals surface area contributed by atoms with Crippen molar-refractivity contribution in [2.24, 2.45) is 11.8 Å². The van der Waals surface area contributed by atoms with Gasteiger partial charge in [0.1, 0.15) is 0 Å². The number of aromatic nitrogens is 1. The van der Waals surface area contributed by atoms with Gasteiger partial charge in [-0.25, -0.2) is 4.98 Å². The van der Waals surface area contributed by atoms with Crippen molar-refractivity contribution in [3.8, 4) is 0 Å². The van der Waals surface area contributed by atoms with E-state index in [0.29, 0.717) is 22.9 Å². The molecule has 0 bridgehead atoms. The molecule has 0 aromatic carbocycles. The number of aliphatic hydroxyl groups is 1. The molecule has 1 aromatic rings. The summed E-state index contributed by atoms with van der Waals surface area (Å²) in [4.78, 5) is 20.6. The first-order valence-electron chi connectivity index (χ1n) is 8.55. The highest BCUT2D eigenvalue weighted by Gasteiger charge is 2.43. The Morgan fingerprint density at radius 3 is 2.55 bits per heavy atom. The molecule has 120 valence electrons. The highest BCUT2D eigenvalue weighted by atomic mass is 32.1. The normalized spacial score (nSPS) is 33.5. The smallest absolute Gasteiger partial charge is 0.282 e. The summed E-state index contributed by atoms with van der Waals surface area (Å²) in [5, 5.41) is 10.4. The van der Waals surface area contributed by atoms with Gasteiger partial charge in [0.2, 0.25) is 0 Å². The third kappa shape index (κ3) is 2.48. The number of fused-ring (bicyclic) bond motifs is 2. The standard InChI is InChI=1S/C17H24N2O2S/c1-19(12-6-10-8-13(20)9-11(10)7-12)17(21)16-18-14-4-2-3-5-15(14)22-16/h10-13,20H,2-9H2,1H3/t10-,11+,12?,13?. The SMILES string of the molecule is CN(C(=O)c1nc2c(s1)CCCC2)C1C[C@H]2CC(O)C[C@H]2C1. The molecule has 0 saturated heterocycles. The van der Waals surface area contributed by atoms with Crippen LogP contribution in [0.3, 0.4) is 0 Å². The van der Waals surface area contributed by atoms with E-state index in [4.69, 9.17) is 0 Å². The van der Waals surface area contributed by atoms with Crippen molar-refractivity contribution in [1.29, 1.82) is 0 Å². The lowest BCUT2D eigenvalue weighted by Gasteiger charge is -2.24. The molecule has 4 rings (SSSR count). The lowest BCUT2D eigenvalue weighted by molar-refractivity contribution is 0.0721. The molecular formula is C17H24N2O2S. The highest BCUT2D eigenvalue weighted by molar-refractivity contribution is 7.13. The fourth-order valence-corrected chi connectivity index (χ4v) is 5.76. The highest BCUT2D eigenvalue weighted by Crippen LogP contribution is 2.45. The molecule has 3 aliphatic carbocycles. The minimum Gasteiger partial charge on any atom is -0.393 e. The molecule has 4 atom stereocenters. The van der Waals surface area contributed by atoms with Crippen LogP contribution in [0.5, 0.6) is 0 Å². The van der Waals surface area contributed by atoms with Crippen molar-refractivity contribution in [2.75, 3.05) is 7.05 Å². The number of aryl methyl sites for hydroxylation is 2. The summed E-state index contributed by atoms with van der Waals surface area (Å²) in [5.74, 6) is 1.32. The third-order valence-corrected chi connectivity index (χ3v) is 7.01. The molecule has 2 saturated carbocycles. The van der Waals surface area contributed by atoms with Gasteiger partial charge in [0, 0.05) is 18.0 Å². The number of carbonyl (C=O) groups excluding carboxylic acids is 1. The van der Waals surface area contributed by atoms with Gasteiger partial charge in [-0.05, 0) is 63.2 Å². The number of amides is 1. The number of rotatable bonds is 2. The fraction of sp³-hybridized carbons (Fsp3) is 0.765. The van der Waals surface area contributed by atoms with Gasteiger partial charge in [0.15, 0.2) is 5.01 Å². The molecule has 0 radical (unpaired) electrons. The van der Waals surface area contributed by atoms with E-state index in [0.717, 1.165) is 38.5 Å². The minimum atomic E-state index is -0.109. The number of aliphatic hydroxyl groups excluding tert-OH is 1. The number of nitrogens with zero attached hydrogens (tertiary/aromatic N) is 2. The molecule has 5 heteroatoms. The number of hydrogen-bond acceptors (Lipinski definition) is 4. The Morgan fingerprint density at radius 2 is 1.86 bits per heavy atom. The second-order valence-corrected chi connectivity index (χ2v) is 8.37. The topological polar surface area (TPSA) is 53.4 Å². The first-order chi connectivity index (χ1) is 10.6. The minimum absolute atomic E-state index is 0.102. The molecule has 1 N–H and O–H groups in total. The van der Waals surface area contributed by atoms with Crippen LogP contribution in [-0.4, -0.2) is 40.1 Å². The van der Waals surface area contributed by atoms with Gasteiger partial charge in [0.25, 0.3) is 5.91 Å². The number of hydrogen-bond donors (Lipinski definition) is 1. The van der Waals surface area contributed by atoms with Crippen LogP contribution in [0.4, 0.5) is 0 Å². The monoisotopic (exact) mass is 320 g/mol. The van der Waals surface area contributed by atoms with Gasteiger partial charge in [-0.3, -0.25) is 4.79 Å². The predicted molar refractivity (Wildman–Crippen MR) is 86.1 cm³/mol. The summed E-state index contributed by atoms with van der Waals surface area (Å²) in [6.45, 7) is 0. The van der Waals surface area contributed by atoms with Crippen LogP contribution in [0.2, 0.25) is 0 Å². The van der Waals surface area contributed by atoms with E-state index in [1.807, 2.05) is 11.9 Å². The summed E-state index contributed by atoms with van der Waals surface area (Å²) in [6, 6.07) is 0.330. The predicted octanol–water partition coefficient (Wildman–Crippen LogP) is 2.64. The van der Waals surface area contributed by atoms with Crippen LogP contribution in [0.25, 0.3) is 0 Å².